The number of aryl methyl sites for hydroxylation is 2. The van der Waals surface area contributed by atoms with Gasteiger partial charge in [-0.15, -0.1) is 0 Å². The molecule has 29 heavy (non-hydrogen) atoms. The topological polar surface area (TPSA) is 69.5 Å². The smallest absolute Gasteiger partial charge is 0.341 e. The molecule has 152 valence electrons. The summed E-state index contributed by atoms with van der Waals surface area (Å²) in [5.74, 6) is -0.380. The Labute approximate surface area is 174 Å². The first-order valence-corrected chi connectivity index (χ1v) is 9.98. The van der Waals surface area contributed by atoms with Crippen molar-refractivity contribution in [1.82, 2.24) is 14.8 Å². The lowest BCUT2D eigenvalue weighted by atomic mass is 10.0. The van der Waals surface area contributed by atoms with Crippen LogP contribution in [0.15, 0.2) is 30.5 Å². The molecule has 3 heterocycles. The minimum absolute atomic E-state index is 0.128. The Bertz CT molecular complexity index is 1050. The number of morpholine rings is 1. The summed E-state index contributed by atoms with van der Waals surface area (Å²) in [6.45, 7) is 5.83. The van der Waals surface area contributed by atoms with Crippen LogP contribution in [0.5, 0.6) is 0 Å². The van der Waals surface area contributed by atoms with Crippen LogP contribution in [0.2, 0.25) is 5.02 Å². The number of nitrogens with zero attached hydrogens (tertiary/aromatic N) is 4. The molecule has 8 heteroatoms. The van der Waals surface area contributed by atoms with E-state index >= 15 is 0 Å². The summed E-state index contributed by atoms with van der Waals surface area (Å²) in [4.78, 5) is 19.3. The van der Waals surface area contributed by atoms with Crippen molar-refractivity contribution in [2.45, 2.75) is 20.0 Å². The van der Waals surface area contributed by atoms with E-state index in [2.05, 4.69) is 15.0 Å². The molecule has 4 rings (SSSR count). The molecule has 1 aliphatic heterocycles. The van der Waals surface area contributed by atoms with Crippen molar-refractivity contribution in [3.63, 3.8) is 0 Å². The SMILES string of the molecule is CCOC(=O)c1cnc2c(c(C)nn2C)c1N1CCOC(c2ccc(Cl)cc2)C1. The number of ether oxygens (including phenoxy) is 2. The van der Waals surface area contributed by atoms with Crippen LogP contribution in [0, 0.1) is 6.92 Å². The molecule has 1 aliphatic rings. The van der Waals surface area contributed by atoms with E-state index in [0.717, 1.165) is 28.0 Å². The summed E-state index contributed by atoms with van der Waals surface area (Å²) in [6, 6.07) is 7.67. The van der Waals surface area contributed by atoms with Gasteiger partial charge in [0.15, 0.2) is 5.65 Å². The summed E-state index contributed by atoms with van der Waals surface area (Å²) in [6.07, 6.45) is 1.46. The van der Waals surface area contributed by atoms with Crippen molar-refractivity contribution in [1.29, 1.82) is 0 Å². The van der Waals surface area contributed by atoms with Crippen LogP contribution in [-0.4, -0.2) is 47.0 Å². The van der Waals surface area contributed by atoms with E-state index in [-0.39, 0.29) is 12.1 Å². The van der Waals surface area contributed by atoms with Crippen molar-refractivity contribution in [3.05, 3.63) is 52.3 Å². The highest BCUT2D eigenvalue weighted by Gasteiger charge is 2.29. The van der Waals surface area contributed by atoms with Crippen molar-refractivity contribution >= 4 is 34.3 Å². The molecular weight excluding hydrogens is 392 g/mol. The second-order valence-corrected chi connectivity index (χ2v) is 7.44. The van der Waals surface area contributed by atoms with E-state index < -0.39 is 0 Å². The molecule has 3 aromatic rings. The van der Waals surface area contributed by atoms with Gasteiger partial charge in [-0.3, -0.25) is 4.68 Å². The Hall–Kier alpha value is -2.64. The molecule has 0 N–H and O–H groups in total. The van der Waals surface area contributed by atoms with E-state index in [1.807, 2.05) is 38.2 Å². The summed E-state index contributed by atoms with van der Waals surface area (Å²) < 4.78 is 13.1. The molecular formula is C21H23ClN4O3. The first-order valence-electron chi connectivity index (χ1n) is 9.61. The van der Waals surface area contributed by atoms with Gasteiger partial charge in [-0.2, -0.15) is 5.10 Å². The maximum atomic E-state index is 12.7. The Morgan fingerprint density at radius 2 is 2.10 bits per heavy atom. The summed E-state index contributed by atoms with van der Waals surface area (Å²) in [5.41, 5.74) is 3.87. The van der Waals surface area contributed by atoms with Crippen LogP contribution in [0.3, 0.4) is 0 Å². The Balaban J connectivity index is 1.79. The number of pyridine rings is 1. The fourth-order valence-corrected chi connectivity index (χ4v) is 3.94. The monoisotopic (exact) mass is 414 g/mol. The number of carbonyl (C=O) groups is 1. The molecule has 1 atom stereocenters. The molecule has 7 nitrogen and oxygen atoms in total. The predicted molar refractivity (Wildman–Crippen MR) is 112 cm³/mol. The van der Waals surface area contributed by atoms with E-state index in [4.69, 9.17) is 21.1 Å². The van der Waals surface area contributed by atoms with Crippen LogP contribution in [0.1, 0.15) is 34.6 Å². The van der Waals surface area contributed by atoms with Crippen molar-refractivity contribution in [2.75, 3.05) is 31.2 Å². The van der Waals surface area contributed by atoms with Gasteiger partial charge < -0.3 is 14.4 Å². The number of aromatic nitrogens is 3. The number of carbonyl (C=O) groups excluding carboxylic acids is 1. The molecule has 2 aromatic heterocycles. The number of anilines is 1. The predicted octanol–water partition coefficient (Wildman–Crippen LogP) is 3.68. The number of benzene rings is 1. The molecule has 0 aliphatic carbocycles. The number of rotatable bonds is 4. The molecule has 1 saturated heterocycles. The summed E-state index contributed by atoms with van der Waals surface area (Å²) >= 11 is 6.03. The fourth-order valence-electron chi connectivity index (χ4n) is 3.81. The number of hydrogen-bond donors (Lipinski definition) is 0. The van der Waals surface area contributed by atoms with Gasteiger partial charge in [-0.1, -0.05) is 23.7 Å². The third-order valence-corrected chi connectivity index (χ3v) is 5.37. The Morgan fingerprint density at radius 1 is 1.34 bits per heavy atom. The minimum atomic E-state index is -0.380. The first kappa shape index (κ1) is 19.7. The largest absolute Gasteiger partial charge is 0.462 e. The van der Waals surface area contributed by atoms with Crippen LogP contribution in [0.4, 0.5) is 5.69 Å². The second kappa shape index (κ2) is 8.00. The molecule has 0 saturated carbocycles. The highest BCUT2D eigenvalue weighted by atomic mass is 35.5. The molecule has 0 bridgehead atoms. The third kappa shape index (κ3) is 3.68. The molecule has 1 unspecified atom stereocenters. The van der Waals surface area contributed by atoms with Gasteiger partial charge in [-0.25, -0.2) is 9.78 Å². The molecule has 0 radical (unpaired) electrons. The molecule has 1 fully saturated rings. The average molecular weight is 415 g/mol. The fraction of sp³-hybridized carbons (Fsp3) is 0.381. The number of fused-ring (bicyclic) bond motifs is 1. The van der Waals surface area contributed by atoms with Crippen LogP contribution in [-0.2, 0) is 16.5 Å². The number of hydrogen-bond acceptors (Lipinski definition) is 6. The highest BCUT2D eigenvalue weighted by molar-refractivity contribution is 6.30. The maximum absolute atomic E-state index is 12.7. The van der Waals surface area contributed by atoms with E-state index in [0.29, 0.717) is 36.9 Å². The lowest BCUT2D eigenvalue weighted by Crippen LogP contribution is -2.39. The minimum Gasteiger partial charge on any atom is -0.462 e. The second-order valence-electron chi connectivity index (χ2n) is 7.01. The quantitative estimate of drug-likeness (QED) is 0.606. The first-order chi connectivity index (χ1) is 14.0. The summed E-state index contributed by atoms with van der Waals surface area (Å²) in [5, 5.41) is 6.07. The van der Waals surface area contributed by atoms with Crippen molar-refractivity contribution < 1.29 is 14.3 Å². The van der Waals surface area contributed by atoms with E-state index in [1.54, 1.807) is 17.8 Å². The summed E-state index contributed by atoms with van der Waals surface area (Å²) in [7, 11) is 1.85. The van der Waals surface area contributed by atoms with Gasteiger partial charge in [0.25, 0.3) is 0 Å². The Kier molecular flexibility index (Phi) is 5.43. The average Bonchev–Trinajstić information content (AvgIpc) is 3.02. The molecule has 0 amide bonds. The van der Waals surface area contributed by atoms with E-state index in [1.165, 1.54) is 0 Å². The standard InChI is InChI=1S/C21H23ClN4O3/c1-4-28-21(27)16-11-23-20-18(13(2)24-25(20)3)19(16)26-9-10-29-17(12-26)14-5-7-15(22)8-6-14/h5-8,11,17H,4,9-10,12H2,1-3H3. The zero-order chi connectivity index (χ0) is 20.5. The van der Waals surface area contributed by atoms with Crippen molar-refractivity contribution in [3.8, 4) is 0 Å². The number of halogens is 1. The number of esters is 1. The lowest BCUT2D eigenvalue weighted by Gasteiger charge is -2.36. The van der Waals surface area contributed by atoms with Gasteiger partial charge >= 0.3 is 5.97 Å². The van der Waals surface area contributed by atoms with E-state index in [9.17, 15) is 4.79 Å². The maximum Gasteiger partial charge on any atom is 0.341 e. The van der Waals surface area contributed by atoms with Crippen LogP contribution >= 0.6 is 11.6 Å². The molecule has 0 spiro atoms. The van der Waals surface area contributed by atoms with Gasteiger partial charge in [0.05, 0.1) is 30.0 Å². The molecule has 1 aromatic carbocycles. The normalized spacial score (nSPS) is 17.0. The third-order valence-electron chi connectivity index (χ3n) is 5.12. The van der Waals surface area contributed by atoms with Crippen molar-refractivity contribution in [2.24, 2.45) is 7.05 Å². The van der Waals surface area contributed by atoms with Gasteiger partial charge in [0, 0.05) is 31.4 Å². The Morgan fingerprint density at radius 3 is 2.83 bits per heavy atom. The van der Waals surface area contributed by atoms with Gasteiger partial charge in [-0.05, 0) is 31.5 Å². The van der Waals surface area contributed by atoms with Gasteiger partial charge in [0.2, 0.25) is 0 Å². The lowest BCUT2D eigenvalue weighted by molar-refractivity contribution is 0.0393. The zero-order valence-electron chi connectivity index (χ0n) is 16.7. The van der Waals surface area contributed by atoms with Gasteiger partial charge in [0.1, 0.15) is 11.7 Å². The highest BCUT2D eigenvalue weighted by Crippen LogP contribution is 2.35. The van der Waals surface area contributed by atoms with Crippen LogP contribution < -0.4 is 4.90 Å². The van der Waals surface area contributed by atoms with Crippen LogP contribution in [0.25, 0.3) is 11.0 Å². The zero-order valence-corrected chi connectivity index (χ0v) is 17.4.